The van der Waals surface area contributed by atoms with Gasteiger partial charge in [-0.1, -0.05) is 60.7 Å². The van der Waals surface area contributed by atoms with E-state index in [-0.39, 0.29) is 18.5 Å². The number of fused-ring (bicyclic) bond motifs is 2. The van der Waals surface area contributed by atoms with E-state index in [1.807, 2.05) is 60.7 Å². The second-order valence-corrected chi connectivity index (χ2v) is 6.12. The lowest BCUT2D eigenvalue weighted by Gasteiger charge is -2.37. The van der Waals surface area contributed by atoms with Crippen LogP contribution < -0.4 is 0 Å². The Hall–Kier alpha value is -2.70. The second kappa shape index (κ2) is 6.31. The number of carboxylic acid groups (broad SMARTS) is 1. The number of nitrogens with zero attached hydrogens (tertiary/aromatic N) is 1. The van der Waals surface area contributed by atoms with E-state index in [1.165, 1.54) is 0 Å². The number of hydrogen-bond donors (Lipinski definition) is 1. The highest BCUT2D eigenvalue weighted by atomic mass is 16.7. The number of carbonyl (C=O) groups excluding carboxylic acids is 1. The van der Waals surface area contributed by atoms with Crippen molar-refractivity contribution in [2.75, 3.05) is 6.54 Å². The summed E-state index contributed by atoms with van der Waals surface area (Å²) >= 11 is 0. The maximum Gasteiger partial charge on any atom is 0.335 e. The van der Waals surface area contributed by atoms with Crippen LogP contribution in [0.2, 0.25) is 0 Å². The number of carboxylic acids is 1. The van der Waals surface area contributed by atoms with Gasteiger partial charge in [0.25, 0.3) is 5.91 Å². The fourth-order valence-electron chi connectivity index (χ4n) is 3.43. The molecule has 0 saturated carbocycles. The van der Waals surface area contributed by atoms with Crippen LogP contribution in [0.3, 0.4) is 0 Å². The first-order valence-electron chi connectivity index (χ1n) is 8.09. The van der Waals surface area contributed by atoms with Gasteiger partial charge in [-0.05, 0) is 11.1 Å². The third kappa shape index (κ3) is 2.79. The van der Waals surface area contributed by atoms with Crippen molar-refractivity contribution >= 4 is 11.9 Å². The van der Waals surface area contributed by atoms with Gasteiger partial charge in [-0.15, -0.1) is 0 Å². The van der Waals surface area contributed by atoms with Gasteiger partial charge >= 0.3 is 5.97 Å². The molecule has 6 heteroatoms. The monoisotopic (exact) mass is 339 g/mol. The Balaban J connectivity index is 1.73. The van der Waals surface area contributed by atoms with Crippen LogP contribution in [0.25, 0.3) is 0 Å². The molecule has 0 unspecified atom stereocenters. The van der Waals surface area contributed by atoms with Gasteiger partial charge in [-0.25, -0.2) is 4.79 Å². The summed E-state index contributed by atoms with van der Waals surface area (Å²) in [5.41, 5.74) is 1.91. The summed E-state index contributed by atoms with van der Waals surface area (Å²) in [5.74, 6) is -1.46. The Morgan fingerprint density at radius 3 is 2.08 bits per heavy atom. The van der Waals surface area contributed by atoms with Crippen molar-refractivity contribution in [2.45, 2.75) is 24.5 Å². The summed E-state index contributed by atoms with van der Waals surface area (Å²) in [5, 5.41) is 9.27. The molecule has 0 radical (unpaired) electrons. The average Bonchev–Trinajstić information content (AvgIpc) is 3.01. The van der Waals surface area contributed by atoms with Gasteiger partial charge in [0.1, 0.15) is 6.10 Å². The molecular formula is C19H17NO5. The summed E-state index contributed by atoms with van der Waals surface area (Å²) in [7, 11) is 0. The molecule has 2 aliphatic rings. The van der Waals surface area contributed by atoms with E-state index in [0.29, 0.717) is 0 Å². The highest BCUT2D eigenvalue weighted by Crippen LogP contribution is 2.36. The van der Waals surface area contributed by atoms with Crippen LogP contribution >= 0.6 is 0 Å². The van der Waals surface area contributed by atoms with Crippen LogP contribution in [0.1, 0.15) is 17.2 Å². The molecule has 128 valence electrons. The molecule has 25 heavy (non-hydrogen) atoms. The molecule has 0 aromatic heterocycles. The van der Waals surface area contributed by atoms with Crippen molar-refractivity contribution in [3.8, 4) is 0 Å². The average molecular weight is 339 g/mol. The number of rotatable bonds is 4. The third-order valence-corrected chi connectivity index (χ3v) is 4.55. The van der Waals surface area contributed by atoms with Gasteiger partial charge in [0.05, 0.1) is 12.6 Å². The van der Waals surface area contributed by atoms with Crippen LogP contribution in [-0.4, -0.2) is 46.9 Å². The van der Waals surface area contributed by atoms with Gasteiger partial charge in [0.15, 0.2) is 6.10 Å². The van der Waals surface area contributed by atoms with E-state index in [2.05, 4.69) is 0 Å². The van der Waals surface area contributed by atoms with E-state index >= 15 is 0 Å². The Kier molecular flexibility index (Phi) is 3.99. The molecule has 2 bridgehead atoms. The van der Waals surface area contributed by atoms with Crippen LogP contribution in [0.5, 0.6) is 0 Å². The zero-order valence-electron chi connectivity index (χ0n) is 13.3. The van der Waals surface area contributed by atoms with Gasteiger partial charge in [0, 0.05) is 0 Å². The molecule has 2 aromatic rings. The molecule has 2 saturated heterocycles. The molecule has 0 aliphatic carbocycles. The lowest BCUT2D eigenvalue weighted by atomic mass is 9.96. The maximum atomic E-state index is 12.8. The van der Waals surface area contributed by atoms with Crippen molar-refractivity contribution in [3.05, 3.63) is 71.8 Å². The van der Waals surface area contributed by atoms with Gasteiger partial charge in [-0.2, -0.15) is 0 Å². The Labute approximate surface area is 144 Å². The predicted molar refractivity (Wildman–Crippen MR) is 87.6 cm³/mol. The van der Waals surface area contributed by atoms with Gasteiger partial charge in [-0.3, -0.25) is 4.79 Å². The van der Waals surface area contributed by atoms with Crippen molar-refractivity contribution in [1.82, 2.24) is 4.90 Å². The number of aliphatic carboxylic acids is 1. The molecule has 1 N–H and O–H groups in total. The van der Waals surface area contributed by atoms with Crippen molar-refractivity contribution in [2.24, 2.45) is 0 Å². The summed E-state index contributed by atoms with van der Waals surface area (Å²) < 4.78 is 10.7. The van der Waals surface area contributed by atoms with Crippen molar-refractivity contribution < 1.29 is 24.2 Å². The van der Waals surface area contributed by atoms with Gasteiger partial charge in [0.2, 0.25) is 6.29 Å². The summed E-state index contributed by atoms with van der Waals surface area (Å²) in [6.07, 6.45) is -2.95. The lowest BCUT2D eigenvalue weighted by Crippen LogP contribution is -2.50. The first kappa shape index (κ1) is 15.8. The topological polar surface area (TPSA) is 76.1 Å². The highest BCUT2D eigenvalue weighted by molar-refractivity contribution is 5.84. The molecule has 4 rings (SSSR count). The maximum absolute atomic E-state index is 12.8. The number of hydrogen-bond acceptors (Lipinski definition) is 4. The normalized spacial score (nSPS) is 25.4. The van der Waals surface area contributed by atoms with Crippen LogP contribution in [0, 0.1) is 0 Å². The Bertz CT molecular complexity index is 739. The van der Waals surface area contributed by atoms with E-state index in [4.69, 9.17) is 9.47 Å². The van der Waals surface area contributed by atoms with E-state index in [0.717, 1.165) is 11.1 Å². The van der Waals surface area contributed by atoms with Crippen molar-refractivity contribution in [3.63, 3.8) is 0 Å². The molecule has 1 amide bonds. The first-order chi connectivity index (χ1) is 12.1. The zero-order valence-corrected chi connectivity index (χ0v) is 13.3. The zero-order chi connectivity index (χ0) is 17.4. The van der Waals surface area contributed by atoms with E-state index < -0.39 is 24.5 Å². The predicted octanol–water partition coefficient (Wildman–Crippen LogP) is 1.81. The minimum Gasteiger partial charge on any atom is -0.479 e. The fourth-order valence-corrected chi connectivity index (χ4v) is 3.43. The number of ether oxygens (including phenoxy) is 2. The first-order valence-corrected chi connectivity index (χ1v) is 8.09. The minimum absolute atomic E-state index is 0.167. The lowest BCUT2D eigenvalue weighted by molar-refractivity contribution is -0.174. The largest absolute Gasteiger partial charge is 0.479 e. The van der Waals surface area contributed by atoms with Gasteiger partial charge < -0.3 is 19.5 Å². The highest BCUT2D eigenvalue weighted by Gasteiger charge is 2.52. The molecule has 2 heterocycles. The van der Waals surface area contributed by atoms with Crippen LogP contribution in [-0.2, 0) is 19.1 Å². The van der Waals surface area contributed by atoms with Crippen LogP contribution in [0.15, 0.2) is 60.7 Å². The molecular weight excluding hydrogens is 322 g/mol. The summed E-state index contributed by atoms with van der Waals surface area (Å²) in [6, 6.07) is 19.0. The number of carbonyl (C=O) groups is 2. The summed E-state index contributed by atoms with van der Waals surface area (Å²) in [4.78, 5) is 25.8. The van der Waals surface area contributed by atoms with Crippen LogP contribution in [0.4, 0.5) is 0 Å². The fraction of sp³-hybridized carbons (Fsp3) is 0.263. The summed E-state index contributed by atoms with van der Waals surface area (Å²) in [6.45, 7) is 0.167. The van der Waals surface area contributed by atoms with E-state index in [9.17, 15) is 14.7 Å². The SMILES string of the molecule is O=C(O)[C@H]1O[C@H]2O[C@H]1CN(C(c1ccccc1)c1ccccc1)C2=O. The molecule has 2 aromatic carbocycles. The minimum atomic E-state index is -1.16. The number of benzene rings is 2. The number of amides is 1. The molecule has 6 nitrogen and oxygen atoms in total. The number of morpholine rings is 1. The molecule has 3 atom stereocenters. The third-order valence-electron chi connectivity index (χ3n) is 4.55. The quantitative estimate of drug-likeness (QED) is 0.919. The molecule has 0 spiro atoms. The van der Waals surface area contributed by atoms with E-state index in [1.54, 1.807) is 4.90 Å². The second-order valence-electron chi connectivity index (χ2n) is 6.12. The van der Waals surface area contributed by atoms with Crippen molar-refractivity contribution in [1.29, 1.82) is 0 Å². The molecule has 2 aliphatic heterocycles. The Morgan fingerprint density at radius 2 is 1.56 bits per heavy atom. The molecule has 2 fully saturated rings. The standard InChI is InChI=1S/C19H17NO5/c21-17-19-24-14(16(25-19)18(22)23)11-20(17)15(12-7-3-1-4-8-12)13-9-5-2-6-10-13/h1-10,14-16,19H,11H2,(H,22,23)/t14-,16-,19+/m0/s1. The Morgan fingerprint density at radius 1 is 1.00 bits per heavy atom. The smallest absolute Gasteiger partial charge is 0.335 e.